The predicted octanol–water partition coefficient (Wildman–Crippen LogP) is 2.78. The molecular weight excluding hydrogens is 468 g/mol. The van der Waals surface area contributed by atoms with Gasteiger partial charge in [0.2, 0.25) is 15.9 Å². The zero-order valence-corrected chi connectivity index (χ0v) is 20.0. The summed E-state index contributed by atoms with van der Waals surface area (Å²) >= 11 is 6.03. The first-order chi connectivity index (χ1) is 15.5. The molecule has 0 aliphatic carbocycles. The van der Waals surface area contributed by atoms with Gasteiger partial charge in [-0.1, -0.05) is 55.3 Å². The highest BCUT2D eigenvalue weighted by molar-refractivity contribution is 7.89. The van der Waals surface area contributed by atoms with Gasteiger partial charge in [-0.05, 0) is 30.2 Å². The fourth-order valence-electron chi connectivity index (χ4n) is 3.70. The maximum absolute atomic E-state index is 13.3. The standard InChI is InChI=1S/C22H25ClN4O5S/c1-4-12-22(15-8-6-5-7-9-15)20(29)27(21(30)25-22)14-19(28)24-16-10-11-17(23)18(13-16)33(31,32)26(2)3/h5-11,13H,4,12,14H2,1-3H3,(H,24,28)(H,25,30)/t22-/m0/s1. The number of urea groups is 1. The molecule has 0 spiro atoms. The molecule has 9 nitrogen and oxygen atoms in total. The second-order valence-corrected chi connectivity index (χ2v) is 10.4. The van der Waals surface area contributed by atoms with Crippen LogP contribution in [-0.2, 0) is 25.2 Å². The molecule has 176 valence electrons. The Bertz CT molecular complexity index is 1190. The molecule has 11 heteroatoms. The van der Waals surface area contributed by atoms with Crippen LogP contribution in [0.2, 0.25) is 5.02 Å². The number of nitrogens with zero attached hydrogens (tertiary/aromatic N) is 2. The Hall–Kier alpha value is -2.95. The van der Waals surface area contributed by atoms with E-state index in [1.165, 1.54) is 32.3 Å². The number of hydrogen-bond donors (Lipinski definition) is 2. The summed E-state index contributed by atoms with van der Waals surface area (Å²) in [6.07, 6.45) is 1.01. The van der Waals surface area contributed by atoms with Crippen LogP contribution in [0.15, 0.2) is 53.4 Å². The highest BCUT2D eigenvalue weighted by atomic mass is 35.5. The topological polar surface area (TPSA) is 116 Å². The number of hydrogen-bond acceptors (Lipinski definition) is 5. The molecule has 0 bridgehead atoms. The van der Waals surface area contributed by atoms with Crippen molar-refractivity contribution in [3.63, 3.8) is 0 Å². The average Bonchev–Trinajstić information content (AvgIpc) is 3.00. The Labute approximate surface area is 197 Å². The van der Waals surface area contributed by atoms with E-state index in [-0.39, 0.29) is 15.6 Å². The fraction of sp³-hybridized carbons (Fsp3) is 0.318. The molecule has 0 unspecified atom stereocenters. The predicted molar refractivity (Wildman–Crippen MR) is 124 cm³/mol. The lowest BCUT2D eigenvalue weighted by molar-refractivity contribution is -0.134. The Morgan fingerprint density at radius 1 is 1.15 bits per heavy atom. The van der Waals surface area contributed by atoms with Crippen molar-refractivity contribution in [3.05, 3.63) is 59.1 Å². The van der Waals surface area contributed by atoms with Crippen molar-refractivity contribution in [3.8, 4) is 0 Å². The molecule has 1 aliphatic rings. The van der Waals surface area contributed by atoms with Crippen LogP contribution < -0.4 is 10.6 Å². The van der Waals surface area contributed by atoms with Gasteiger partial charge in [0.1, 0.15) is 17.0 Å². The van der Waals surface area contributed by atoms with E-state index in [9.17, 15) is 22.8 Å². The summed E-state index contributed by atoms with van der Waals surface area (Å²) in [6.45, 7) is 1.38. The van der Waals surface area contributed by atoms with Crippen molar-refractivity contribution in [2.75, 3.05) is 26.0 Å². The lowest BCUT2D eigenvalue weighted by atomic mass is 9.85. The second-order valence-electron chi connectivity index (χ2n) is 7.82. The molecule has 2 aromatic rings. The number of benzene rings is 2. The lowest BCUT2D eigenvalue weighted by Crippen LogP contribution is -2.44. The first-order valence-corrected chi connectivity index (χ1v) is 12.1. The highest BCUT2D eigenvalue weighted by Gasteiger charge is 2.52. The quantitative estimate of drug-likeness (QED) is 0.550. The summed E-state index contributed by atoms with van der Waals surface area (Å²) < 4.78 is 25.9. The number of sulfonamides is 1. The summed E-state index contributed by atoms with van der Waals surface area (Å²) in [7, 11) is -1.11. The van der Waals surface area contributed by atoms with Crippen molar-refractivity contribution in [1.82, 2.24) is 14.5 Å². The summed E-state index contributed by atoms with van der Waals surface area (Å²) in [5, 5.41) is 5.29. The number of amides is 4. The van der Waals surface area contributed by atoms with Crippen LogP contribution in [0, 0.1) is 0 Å². The summed E-state index contributed by atoms with van der Waals surface area (Å²) in [5.41, 5.74) is -0.426. The van der Waals surface area contributed by atoms with E-state index < -0.39 is 40.0 Å². The number of halogens is 1. The largest absolute Gasteiger partial charge is 0.325 e. The molecule has 2 N–H and O–H groups in total. The van der Waals surface area contributed by atoms with Gasteiger partial charge in [-0.25, -0.2) is 17.5 Å². The molecule has 0 saturated carbocycles. The van der Waals surface area contributed by atoms with Crippen molar-refractivity contribution in [2.45, 2.75) is 30.2 Å². The van der Waals surface area contributed by atoms with Crippen molar-refractivity contribution in [1.29, 1.82) is 0 Å². The smallest absolute Gasteiger partial charge is 0.324 e. The van der Waals surface area contributed by atoms with Crippen LogP contribution in [0.3, 0.4) is 0 Å². The van der Waals surface area contributed by atoms with Crippen LogP contribution in [0.5, 0.6) is 0 Å². The normalized spacial score (nSPS) is 18.5. The van der Waals surface area contributed by atoms with Gasteiger partial charge in [-0.2, -0.15) is 0 Å². The van der Waals surface area contributed by atoms with E-state index >= 15 is 0 Å². The Morgan fingerprint density at radius 3 is 2.42 bits per heavy atom. The molecule has 1 atom stereocenters. The Balaban J connectivity index is 1.81. The van der Waals surface area contributed by atoms with Gasteiger partial charge < -0.3 is 10.6 Å². The van der Waals surface area contributed by atoms with Gasteiger partial charge >= 0.3 is 6.03 Å². The minimum Gasteiger partial charge on any atom is -0.324 e. The summed E-state index contributed by atoms with van der Waals surface area (Å²) in [6, 6.07) is 12.2. The van der Waals surface area contributed by atoms with Crippen LogP contribution in [0.4, 0.5) is 10.5 Å². The van der Waals surface area contributed by atoms with Crippen LogP contribution >= 0.6 is 11.6 Å². The number of rotatable bonds is 8. The van der Waals surface area contributed by atoms with Crippen molar-refractivity contribution < 1.29 is 22.8 Å². The van der Waals surface area contributed by atoms with Gasteiger partial charge in [-0.15, -0.1) is 0 Å². The van der Waals surface area contributed by atoms with E-state index in [0.29, 0.717) is 18.4 Å². The molecular formula is C22H25ClN4O5S. The third kappa shape index (κ3) is 4.73. The number of carbonyl (C=O) groups excluding carboxylic acids is 3. The van der Waals surface area contributed by atoms with Gasteiger partial charge in [0.25, 0.3) is 5.91 Å². The zero-order chi connectivity index (χ0) is 24.4. The molecule has 4 amide bonds. The maximum atomic E-state index is 13.3. The molecule has 1 heterocycles. The molecule has 3 rings (SSSR count). The number of imide groups is 1. The van der Waals surface area contributed by atoms with Crippen LogP contribution in [0.25, 0.3) is 0 Å². The third-order valence-electron chi connectivity index (χ3n) is 5.34. The van der Waals surface area contributed by atoms with Gasteiger partial charge in [0, 0.05) is 19.8 Å². The van der Waals surface area contributed by atoms with Gasteiger partial charge in [0.05, 0.1) is 5.02 Å². The summed E-state index contributed by atoms with van der Waals surface area (Å²) in [4.78, 5) is 39.3. The van der Waals surface area contributed by atoms with E-state index in [2.05, 4.69) is 10.6 Å². The maximum Gasteiger partial charge on any atom is 0.325 e. The minimum atomic E-state index is -3.84. The summed E-state index contributed by atoms with van der Waals surface area (Å²) in [5.74, 6) is -1.17. The Kier molecular flexibility index (Phi) is 7.11. The van der Waals surface area contributed by atoms with E-state index in [1.54, 1.807) is 24.3 Å². The highest BCUT2D eigenvalue weighted by Crippen LogP contribution is 2.33. The van der Waals surface area contributed by atoms with E-state index in [4.69, 9.17) is 11.6 Å². The lowest BCUT2D eigenvalue weighted by Gasteiger charge is -2.26. The van der Waals surface area contributed by atoms with Crippen molar-refractivity contribution >= 4 is 45.2 Å². The van der Waals surface area contributed by atoms with E-state index in [0.717, 1.165) is 9.21 Å². The minimum absolute atomic E-state index is 0.00278. The number of nitrogens with one attached hydrogen (secondary N) is 2. The molecule has 1 saturated heterocycles. The SMILES string of the molecule is CCC[C@@]1(c2ccccc2)NC(=O)N(CC(=O)Nc2ccc(Cl)c(S(=O)(=O)N(C)C)c2)C1=O. The van der Waals surface area contributed by atoms with Crippen LogP contribution in [0.1, 0.15) is 25.3 Å². The first kappa shape index (κ1) is 24.7. The molecule has 1 aliphatic heterocycles. The number of carbonyl (C=O) groups is 3. The average molecular weight is 493 g/mol. The number of anilines is 1. The van der Waals surface area contributed by atoms with Crippen LogP contribution in [-0.4, -0.2) is 56.1 Å². The first-order valence-electron chi connectivity index (χ1n) is 10.2. The molecule has 0 aromatic heterocycles. The molecule has 1 fully saturated rings. The molecule has 0 radical (unpaired) electrons. The van der Waals surface area contributed by atoms with Crippen molar-refractivity contribution in [2.24, 2.45) is 0 Å². The molecule has 2 aromatic carbocycles. The van der Waals surface area contributed by atoms with Gasteiger partial charge in [0.15, 0.2) is 0 Å². The molecule has 33 heavy (non-hydrogen) atoms. The Morgan fingerprint density at radius 2 is 1.82 bits per heavy atom. The monoisotopic (exact) mass is 492 g/mol. The third-order valence-corrected chi connectivity index (χ3v) is 7.64. The van der Waals surface area contributed by atoms with E-state index in [1.807, 2.05) is 13.0 Å². The second kappa shape index (κ2) is 9.50. The zero-order valence-electron chi connectivity index (χ0n) is 18.5. The fourth-order valence-corrected chi connectivity index (χ4v) is 5.09. The van der Waals surface area contributed by atoms with Gasteiger partial charge in [-0.3, -0.25) is 14.5 Å².